The highest BCUT2D eigenvalue weighted by Crippen LogP contribution is 2.27. The predicted octanol–water partition coefficient (Wildman–Crippen LogP) is 1.68. The molecule has 1 fully saturated rings. The van der Waals surface area contributed by atoms with Gasteiger partial charge in [0.05, 0.1) is 12.0 Å². The summed E-state index contributed by atoms with van der Waals surface area (Å²) in [7, 11) is 2.01. The third-order valence-corrected chi connectivity index (χ3v) is 3.50. The summed E-state index contributed by atoms with van der Waals surface area (Å²) in [5, 5.41) is 0. The summed E-state index contributed by atoms with van der Waals surface area (Å²) in [6.45, 7) is 0.747. The molecule has 1 aliphatic carbocycles. The Balaban J connectivity index is 2.07. The summed E-state index contributed by atoms with van der Waals surface area (Å²) in [4.78, 5) is 17.6. The molecule has 114 valence electrons. The molecule has 0 spiro atoms. The van der Waals surface area contributed by atoms with Crippen molar-refractivity contribution in [2.75, 3.05) is 20.2 Å². The van der Waals surface area contributed by atoms with Gasteiger partial charge in [-0.2, -0.15) is 0 Å². The average Bonchev–Trinajstić information content (AvgIpc) is 3.33. The molecular formula is C15H20FN3O2. The van der Waals surface area contributed by atoms with Gasteiger partial charge in [0.15, 0.2) is 6.29 Å². The smallest absolute Gasteiger partial charge is 0.213 e. The fourth-order valence-corrected chi connectivity index (χ4v) is 1.99. The topological polar surface area (TPSA) is 68.5 Å². The van der Waals surface area contributed by atoms with Crippen LogP contribution in [0, 0.1) is 0 Å². The summed E-state index contributed by atoms with van der Waals surface area (Å²) in [6, 6.07) is 3.86. The molecule has 1 aromatic heterocycles. The van der Waals surface area contributed by atoms with E-state index in [-0.39, 0.29) is 13.2 Å². The SMILES string of the molecule is CN(Cc1nc(OC/C(=C\F)CN)ccc1C=O)C1CC1. The number of ether oxygens (including phenoxy) is 1. The zero-order valence-electron chi connectivity index (χ0n) is 12.1. The maximum atomic E-state index is 12.4. The monoisotopic (exact) mass is 293 g/mol. The second-order valence-electron chi connectivity index (χ2n) is 5.21. The minimum absolute atomic E-state index is 0.0539. The Morgan fingerprint density at radius 2 is 2.33 bits per heavy atom. The molecule has 5 nitrogen and oxygen atoms in total. The van der Waals surface area contributed by atoms with Crippen molar-refractivity contribution in [3.05, 3.63) is 35.3 Å². The van der Waals surface area contributed by atoms with E-state index < -0.39 is 0 Å². The number of hydrogen-bond donors (Lipinski definition) is 1. The van der Waals surface area contributed by atoms with Gasteiger partial charge in [0.1, 0.15) is 6.61 Å². The number of nitrogens with two attached hydrogens (primary N) is 1. The zero-order chi connectivity index (χ0) is 15.2. The van der Waals surface area contributed by atoms with Gasteiger partial charge < -0.3 is 10.5 Å². The standard InChI is InChI=1S/C15H20FN3O2/c1-19(13-3-4-13)8-14-12(9-20)2-5-15(18-14)21-10-11(6-16)7-17/h2,5-6,9,13H,3-4,7-8,10,17H2,1H3/b11-6-. The third kappa shape index (κ3) is 4.34. The van der Waals surface area contributed by atoms with Gasteiger partial charge in [-0.15, -0.1) is 0 Å². The van der Waals surface area contributed by atoms with Crippen molar-refractivity contribution in [2.45, 2.75) is 25.4 Å². The van der Waals surface area contributed by atoms with E-state index in [0.29, 0.717) is 41.6 Å². The second kappa shape index (κ2) is 7.28. The quantitative estimate of drug-likeness (QED) is 0.739. The Kier molecular flexibility index (Phi) is 5.41. The van der Waals surface area contributed by atoms with Gasteiger partial charge in [-0.25, -0.2) is 9.37 Å². The molecule has 1 saturated carbocycles. The number of pyridine rings is 1. The first kappa shape index (κ1) is 15.6. The number of halogens is 1. The van der Waals surface area contributed by atoms with E-state index >= 15 is 0 Å². The van der Waals surface area contributed by atoms with Crippen LogP contribution in [0.25, 0.3) is 0 Å². The lowest BCUT2D eigenvalue weighted by Crippen LogP contribution is -2.22. The molecule has 1 aliphatic rings. The molecule has 0 amide bonds. The molecule has 0 aromatic carbocycles. The Morgan fingerprint density at radius 1 is 1.57 bits per heavy atom. The first-order chi connectivity index (χ1) is 10.2. The maximum absolute atomic E-state index is 12.4. The zero-order valence-corrected chi connectivity index (χ0v) is 12.1. The highest BCUT2D eigenvalue weighted by Gasteiger charge is 2.26. The largest absolute Gasteiger partial charge is 0.473 e. The van der Waals surface area contributed by atoms with Gasteiger partial charge in [-0.3, -0.25) is 9.69 Å². The molecule has 2 N–H and O–H groups in total. The number of nitrogens with zero attached hydrogens (tertiary/aromatic N) is 2. The number of carbonyl (C=O) groups is 1. The number of rotatable bonds is 8. The minimum Gasteiger partial charge on any atom is -0.473 e. The molecule has 0 aliphatic heterocycles. The summed E-state index contributed by atoms with van der Waals surface area (Å²) >= 11 is 0. The summed E-state index contributed by atoms with van der Waals surface area (Å²) < 4.78 is 17.8. The Hall–Kier alpha value is -1.79. The number of aromatic nitrogens is 1. The van der Waals surface area contributed by atoms with E-state index in [4.69, 9.17) is 10.5 Å². The van der Waals surface area contributed by atoms with E-state index in [2.05, 4.69) is 9.88 Å². The van der Waals surface area contributed by atoms with Gasteiger partial charge in [-0.05, 0) is 26.0 Å². The maximum Gasteiger partial charge on any atom is 0.213 e. The fourth-order valence-electron chi connectivity index (χ4n) is 1.99. The Morgan fingerprint density at radius 3 is 2.90 bits per heavy atom. The van der Waals surface area contributed by atoms with Gasteiger partial charge >= 0.3 is 0 Å². The van der Waals surface area contributed by atoms with Crippen LogP contribution in [0.15, 0.2) is 24.0 Å². The van der Waals surface area contributed by atoms with Crippen LogP contribution < -0.4 is 10.5 Å². The highest BCUT2D eigenvalue weighted by atomic mass is 19.1. The van der Waals surface area contributed by atoms with E-state index in [1.807, 2.05) is 7.05 Å². The van der Waals surface area contributed by atoms with Crippen molar-refractivity contribution in [3.63, 3.8) is 0 Å². The first-order valence-electron chi connectivity index (χ1n) is 6.94. The van der Waals surface area contributed by atoms with Gasteiger partial charge in [0.25, 0.3) is 0 Å². The molecule has 1 aromatic rings. The molecule has 1 heterocycles. The van der Waals surface area contributed by atoms with Crippen LogP contribution in [0.4, 0.5) is 4.39 Å². The third-order valence-electron chi connectivity index (χ3n) is 3.50. The lowest BCUT2D eigenvalue weighted by atomic mass is 10.2. The van der Waals surface area contributed by atoms with Crippen molar-refractivity contribution >= 4 is 6.29 Å². The molecule has 6 heteroatoms. The lowest BCUT2D eigenvalue weighted by molar-refractivity contribution is 0.112. The van der Waals surface area contributed by atoms with Crippen LogP contribution in [0.3, 0.4) is 0 Å². The molecule has 0 saturated heterocycles. The summed E-state index contributed by atoms with van der Waals surface area (Å²) in [5.74, 6) is 0.368. The van der Waals surface area contributed by atoms with Crippen LogP contribution in [-0.2, 0) is 6.54 Å². The summed E-state index contributed by atoms with van der Waals surface area (Å²) in [6.07, 6.45) is 3.61. The highest BCUT2D eigenvalue weighted by molar-refractivity contribution is 5.76. The molecule has 0 radical (unpaired) electrons. The summed E-state index contributed by atoms with van der Waals surface area (Å²) in [5.41, 5.74) is 6.95. The van der Waals surface area contributed by atoms with Crippen LogP contribution in [0.1, 0.15) is 28.9 Å². The van der Waals surface area contributed by atoms with Crippen molar-refractivity contribution in [2.24, 2.45) is 5.73 Å². The van der Waals surface area contributed by atoms with E-state index in [0.717, 1.165) is 6.29 Å². The predicted molar refractivity (Wildman–Crippen MR) is 77.9 cm³/mol. The van der Waals surface area contributed by atoms with Crippen molar-refractivity contribution < 1.29 is 13.9 Å². The van der Waals surface area contributed by atoms with Crippen LogP contribution in [0.5, 0.6) is 5.88 Å². The fraction of sp³-hybridized carbons (Fsp3) is 0.467. The molecule has 0 atom stereocenters. The van der Waals surface area contributed by atoms with Crippen molar-refractivity contribution in [3.8, 4) is 5.88 Å². The van der Waals surface area contributed by atoms with Crippen molar-refractivity contribution in [1.29, 1.82) is 0 Å². The van der Waals surface area contributed by atoms with Gasteiger partial charge in [0, 0.05) is 36.3 Å². The Labute approximate surface area is 123 Å². The van der Waals surface area contributed by atoms with Crippen LogP contribution in [0.2, 0.25) is 0 Å². The molecule has 21 heavy (non-hydrogen) atoms. The normalized spacial score (nSPS) is 15.3. The molecular weight excluding hydrogens is 273 g/mol. The molecule has 2 rings (SSSR count). The van der Waals surface area contributed by atoms with Crippen molar-refractivity contribution in [1.82, 2.24) is 9.88 Å². The number of aldehydes is 1. The molecule has 0 bridgehead atoms. The molecule has 0 unspecified atom stereocenters. The van der Waals surface area contributed by atoms with Crippen LogP contribution in [-0.4, -0.2) is 42.4 Å². The minimum atomic E-state index is 0.0539. The number of hydrogen-bond acceptors (Lipinski definition) is 5. The van der Waals surface area contributed by atoms with E-state index in [1.165, 1.54) is 12.8 Å². The first-order valence-corrected chi connectivity index (χ1v) is 6.94. The van der Waals surface area contributed by atoms with Gasteiger partial charge in [-0.1, -0.05) is 0 Å². The lowest BCUT2D eigenvalue weighted by Gasteiger charge is -2.16. The Bertz CT molecular complexity index is 530. The number of carbonyl (C=O) groups excluding carboxylic acids is 1. The van der Waals surface area contributed by atoms with E-state index in [9.17, 15) is 9.18 Å². The van der Waals surface area contributed by atoms with E-state index in [1.54, 1.807) is 12.1 Å². The van der Waals surface area contributed by atoms with Gasteiger partial charge in [0.2, 0.25) is 5.88 Å². The van der Waals surface area contributed by atoms with Crippen LogP contribution >= 0.6 is 0 Å². The second-order valence-corrected chi connectivity index (χ2v) is 5.21. The average molecular weight is 293 g/mol.